The largest absolute Gasteiger partial charge is 0.339 e. The maximum atomic E-state index is 6.14. The summed E-state index contributed by atoms with van der Waals surface area (Å²) < 4.78 is 0. The molecule has 0 atom stereocenters. The van der Waals surface area contributed by atoms with E-state index in [1.165, 1.54) is 0 Å². The van der Waals surface area contributed by atoms with Gasteiger partial charge in [0.15, 0.2) is 5.82 Å². The van der Waals surface area contributed by atoms with E-state index in [9.17, 15) is 0 Å². The van der Waals surface area contributed by atoms with Crippen molar-refractivity contribution in [2.24, 2.45) is 0 Å². The lowest BCUT2D eigenvalue weighted by Crippen LogP contribution is -1.98. The highest BCUT2D eigenvalue weighted by Crippen LogP contribution is 2.29. The fourth-order valence-corrected chi connectivity index (χ4v) is 2.47. The number of hydrogen-bond acceptors (Lipinski definition) is 4. The molecule has 0 unspecified atom stereocenters. The number of halogens is 3. The first-order chi connectivity index (χ1) is 10.6. The minimum absolute atomic E-state index is 0.321. The van der Waals surface area contributed by atoms with Gasteiger partial charge < -0.3 is 5.32 Å². The zero-order chi connectivity index (χ0) is 15.5. The molecule has 22 heavy (non-hydrogen) atoms. The summed E-state index contributed by atoms with van der Waals surface area (Å²) in [4.78, 5) is 12.7. The fraction of sp³-hybridized carbons (Fsp3) is 0. The Kier molecular flexibility index (Phi) is 4.43. The first kappa shape index (κ1) is 15.0. The fourth-order valence-electron chi connectivity index (χ4n) is 1.83. The van der Waals surface area contributed by atoms with Crippen LogP contribution in [0, 0.1) is 0 Å². The molecule has 0 aliphatic carbocycles. The van der Waals surface area contributed by atoms with Crippen LogP contribution in [0.4, 0.5) is 11.5 Å². The van der Waals surface area contributed by atoms with Gasteiger partial charge in [0.25, 0.3) is 0 Å². The lowest BCUT2D eigenvalue weighted by molar-refractivity contribution is 1.16. The molecule has 2 aromatic heterocycles. The molecule has 1 aromatic carbocycles. The molecular weight excluding hydrogens is 343 g/mol. The SMILES string of the molecule is Clc1ccc(Nc2cc(Cl)nc(-c3cccnc3)n2)c(Cl)c1. The van der Waals surface area contributed by atoms with Crippen LogP contribution in [0.1, 0.15) is 0 Å². The molecule has 0 radical (unpaired) electrons. The molecule has 0 amide bonds. The zero-order valence-corrected chi connectivity index (χ0v) is 13.4. The van der Waals surface area contributed by atoms with E-state index < -0.39 is 0 Å². The van der Waals surface area contributed by atoms with Crippen molar-refractivity contribution in [3.8, 4) is 11.4 Å². The van der Waals surface area contributed by atoms with Crippen LogP contribution in [0.5, 0.6) is 0 Å². The van der Waals surface area contributed by atoms with E-state index >= 15 is 0 Å². The Morgan fingerprint density at radius 3 is 2.55 bits per heavy atom. The van der Waals surface area contributed by atoms with Crippen molar-refractivity contribution in [3.63, 3.8) is 0 Å². The van der Waals surface area contributed by atoms with Crippen LogP contribution in [-0.2, 0) is 0 Å². The number of pyridine rings is 1. The summed E-state index contributed by atoms with van der Waals surface area (Å²) in [6, 6.07) is 10.4. The molecule has 0 spiro atoms. The van der Waals surface area contributed by atoms with Crippen molar-refractivity contribution in [1.82, 2.24) is 15.0 Å². The lowest BCUT2D eigenvalue weighted by atomic mass is 10.2. The third-order valence-corrected chi connectivity index (χ3v) is 3.55. The van der Waals surface area contributed by atoms with Crippen LogP contribution in [0.25, 0.3) is 11.4 Å². The third kappa shape index (κ3) is 3.47. The Balaban J connectivity index is 1.96. The second-order valence-electron chi connectivity index (χ2n) is 4.39. The highest BCUT2D eigenvalue weighted by atomic mass is 35.5. The molecule has 0 aliphatic rings. The minimum atomic E-state index is 0.321. The van der Waals surface area contributed by atoms with E-state index in [0.717, 1.165) is 5.56 Å². The molecule has 1 N–H and O–H groups in total. The predicted molar refractivity (Wildman–Crippen MR) is 90.0 cm³/mol. The van der Waals surface area contributed by atoms with Gasteiger partial charge in [-0.1, -0.05) is 34.8 Å². The average molecular weight is 352 g/mol. The van der Waals surface area contributed by atoms with Crippen molar-refractivity contribution in [3.05, 3.63) is 64.0 Å². The number of nitrogens with zero attached hydrogens (tertiary/aromatic N) is 3. The van der Waals surface area contributed by atoms with Gasteiger partial charge >= 0.3 is 0 Å². The Morgan fingerprint density at radius 2 is 1.82 bits per heavy atom. The summed E-state index contributed by atoms with van der Waals surface area (Å²) >= 11 is 18.1. The number of aromatic nitrogens is 3. The van der Waals surface area contributed by atoms with Gasteiger partial charge in [0.05, 0.1) is 10.7 Å². The molecular formula is C15H9Cl3N4. The van der Waals surface area contributed by atoms with Gasteiger partial charge in [0.2, 0.25) is 0 Å². The monoisotopic (exact) mass is 350 g/mol. The molecule has 7 heteroatoms. The normalized spacial score (nSPS) is 10.5. The molecule has 3 rings (SSSR count). The summed E-state index contributed by atoms with van der Waals surface area (Å²) in [6.07, 6.45) is 3.35. The second kappa shape index (κ2) is 6.48. The minimum Gasteiger partial charge on any atom is -0.339 e. The number of benzene rings is 1. The van der Waals surface area contributed by atoms with Gasteiger partial charge in [-0.15, -0.1) is 0 Å². The van der Waals surface area contributed by atoms with Crippen molar-refractivity contribution < 1.29 is 0 Å². The van der Waals surface area contributed by atoms with Crippen LogP contribution >= 0.6 is 34.8 Å². The predicted octanol–water partition coefficient (Wildman–Crippen LogP) is 5.24. The van der Waals surface area contributed by atoms with E-state index in [2.05, 4.69) is 20.3 Å². The van der Waals surface area contributed by atoms with Gasteiger partial charge in [-0.25, -0.2) is 9.97 Å². The van der Waals surface area contributed by atoms with Crippen LogP contribution < -0.4 is 5.32 Å². The standard InChI is InChI=1S/C15H9Cl3N4/c16-10-3-4-12(11(17)6-10)20-14-7-13(18)21-15(22-14)9-2-1-5-19-8-9/h1-8H,(H,20,21,22). The number of hydrogen-bond donors (Lipinski definition) is 1. The van der Waals surface area contributed by atoms with Crippen LogP contribution in [0.15, 0.2) is 48.8 Å². The van der Waals surface area contributed by atoms with Gasteiger partial charge in [-0.3, -0.25) is 4.98 Å². The Hall–Kier alpha value is -1.88. The molecule has 0 saturated carbocycles. The Labute approximate surface area is 142 Å². The number of anilines is 2. The third-order valence-electron chi connectivity index (χ3n) is 2.81. The first-order valence-corrected chi connectivity index (χ1v) is 7.42. The van der Waals surface area contributed by atoms with Crippen molar-refractivity contribution in [2.45, 2.75) is 0 Å². The summed E-state index contributed by atoms with van der Waals surface area (Å²) in [7, 11) is 0. The number of nitrogens with one attached hydrogen (secondary N) is 1. The van der Waals surface area contributed by atoms with Gasteiger partial charge in [-0.2, -0.15) is 0 Å². The maximum Gasteiger partial charge on any atom is 0.164 e. The van der Waals surface area contributed by atoms with Gasteiger partial charge in [0.1, 0.15) is 11.0 Å². The number of rotatable bonds is 3. The molecule has 0 fully saturated rings. The van der Waals surface area contributed by atoms with Crippen molar-refractivity contribution >= 4 is 46.3 Å². The summed E-state index contributed by atoms with van der Waals surface area (Å²) in [6.45, 7) is 0. The smallest absolute Gasteiger partial charge is 0.164 e. The first-order valence-electron chi connectivity index (χ1n) is 6.29. The molecule has 4 nitrogen and oxygen atoms in total. The Bertz CT molecular complexity index is 809. The highest BCUT2D eigenvalue weighted by Gasteiger charge is 2.08. The summed E-state index contributed by atoms with van der Waals surface area (Å²) in [5, 5.41) is 4.48. The molecule has 2 heterocycles. The Morgan fingerprint density at radius 1 is 0.955 bits per heavy atom. The van der Waals surface area contributed by atoms with Crippen LogP contribution in [-0.4, -0.2) is 15.0 Å². The lowest BCUT2D eigenvalue weighted by Gasteiger charge is -2.09. The molecule has 0 bridgehead atoms. The van der Waals surface area contributed by atoms with E-state index in [1.54, 1.807) is 36.7 Å². The van der Waals surface area contributed by atoms with E-state index in [0.29, 0.717) is 32.5 Å². The highest BCUT2D eigenvalue weighted by molar-refractivity contribution is 6.36. The van der Waals surface area contributed by atoms with E-state index in [4.69, 9.17) is 34.8 Å². The molecule has 0 aliphatic heterocycles. The molecule has 0 saturated heterocycles. The summed E-state index contributed by atoms with van der Waals surface area (Å²) in [5.41, 5.74) is 1.45. The van der Waals surface area contributed by atoms with Gasteiger partial charge in [-0.05, 0) is 30.3 Å². The zero-order valence-electron chi connectivity index (χ0n) is 11.1. The van der Waals surface area contributed by atoms with Gasteiger partial charge in [0, 0.05) is 29.0 Å². The molecule has 110 valence electrons. The summed E-state index contributed by atoms with van der Waals surface area (Å²) in [5.74, 6) is 1.01. The maximum absolute atomic E-state index is 6.14. The quantitative estimate of drug-likeness (QED) is 0.655. The average Bonchev–Trinajstić information content (AvgIpc) is 2.50. The van der Waals surface area contributed by atoms with Crippen LogP contribution in [0.3, 0.4) is 0 Å². The van der Waals surface area contributed by atoms with E-state index in [1.807, 2.05) is 12.1 Å². The van der Waals surface area contributed by atoms with Crippen LogP contribution in [0.2, 0.25) is 15.2 Å². The van der Waals surface area contributed by atoms with Crippen molar-refractivity contribution in [1.29, 1.82) is 0 Å². The second-order valence-corrected chi connectivity index (χ2v) is 5.62. The topological polar surface area (TPSA) is 50.7 Å². The van der Waals surface area contributed by atoms with Crippen molar-refractivity contribution in [2.75, 3.05) is 5.32 Å². The van der Waals surface area contributed by atoms with E-state index in [-0.39, 0.29) is 0 Å². The molecule has 3 aromatic rings.